The lowest BCUT2D eigenvalue weighted by Crippen LogP contribution is -2.37. The summed E-state index contributed by atoms with van der Waals surface area (Å²) in [6, 6.07) is 14.8. The van der Waals surface area contributed by atoms with E-state index in [1.54, 1.807) is 42.5 Å². The number of amides is 2. The minimum atomic E-state index is -1.19. The number of nitrogens with zero attached hydrogens (tertiary/aromatic N) is 3. The van der Waals surface area contributed by atoms with Crippen LogP contribution in [0.15, 0.2) is 60.7 Å². The fourth-order valence-corrected chi connectivity index (χ4v) is 5.17. The van der Waals surface area contributed by atoms with Gasteiger partial charge in [0.05, 0.1) is 44.2 Å². The van der Waals surface area contributed by atoms with E-state index in [4.69, 9.17) is 23.8 Å². The van der Waals surface area contributed by atoms with Gasteiger partial charge in [0.1, 0.15) is 17.7 Å². The number of nitro groups is 1. The second kappa shape index (κ2) is 10.7. The van der Waals surface area contributed by atoms with Gasteiger partial charge in [-0.25, -0.2) is 9.96 Å². The quantitative estimate of drug-likeness (QED) is 0.219. The number of rotatable bonds is 9. The lowest BCUT2D eigenvalue weighted by atomic mass is 9.89. The normalized spacial score (nSPS) is 19.9. The third kappa shape index (κ3) is 4.31. The molecule has 208 valence electrons. The lowest BCUT2D eigenvalue weighted by Gasteiger charge is -2.30. The molecule has 0 spiro atoms. The van der Waals surface area contributed by atoms with Crippen molar-refractivity contribution >= 4 is 28.9 Å². The largest absolute Gasteiger partial charge is 0.494 e. The van der Waals surface area contributed by atoms with Crippen LogP contribution in [0.1, 0.15) is 18.5 Å². The van der Waals surface area contributed by atoms with Crippen molar-refractivity contribution in [2.24, 2.45) is 5.92 Å². The molecule has 2 amide bonds. The number of hydrogen-bond donors (Lipinski definition) is 0. The maximum Gasteiger partial charge on any atom is 0.271 e. The zero-order valence-electron chi connectivity index (χ0n) is 22.2. The zero-order chi connectivity index (χ0) is 28.6. The molecule has 12 nitrogen and oxygen atoms in total. The van der Waals surface area contributed by atoms with Gasteiger partial charge >= 0.3 is 0 Å². The second-order valence-electron chi connectivity index (χ2n) is 8.96. The molecule has 3 atom stereocenters. The van der Waals surface area contributed by atoms with Crippen LogP contribution in [0.2, 0.25) is 0 Å². The fourth-order valence-electron chi connectivity index (χ4n) is 5.17. The number of methoxy groups -OCH3 is 3. The summed E-state index contributed by atoms with van der Waals surface area (Å²) < 4.78 is 22.2. The summed E-state index contributed by atoms with van der Waals surface area (Å²) in [6.45, 7) is 2.33. The summed E-state index contributed by atoms with van der Waals surface area (Å²) in [6.07, 6.45) is -1.19. The number of ether oxygens (including phenoxy) is 4. The second-order valence-corrected chi connectivity index (χ2v) is 8.96. The van der Waals surface area contributed by atoms with E-state index in [1.165, 1.54) is 44.6 Å². The Labute approximate surface area is 229 Å². The molecule has 12 heteroatoms. The smallest absolute Gasteiger partial charge is 0.271 e. The standard InChI is InChI=1S/C28H27N3O9/c1-5-39-19-11-9-16(10-12-19)29-27(32)22-23(20-13-14-21(36-2)25(38-4)24(20)37-3)30(40-26(22)28(29)33)17-7-6-8-18(15-17)31(34)35/h6-15,22-23,26H,5H2,1-4H3/t22-,23-,26+/m1/s1. The average molecular weight is 550 g/mol. The van der Waals surface area contributed by atoms with E-state index >= 15 is 0 Å². The molecule has 0 radical (unpaired) electrons. The number of hydroxylamine groups is 1. The van der Waals surface area contributed by atoms with Gasteiger partial charge in [0.25, 0.3) is 11.6 Å². The number of carbonyl (C=O) groups is 2. The topological polar surface area (TPSA) is 130 Å². The molecule has 2 heterocycles. The van der Waals surface area contributed by atoms with E-state index < -0.39 is 34.8 Å². The number of hydrogen-bond acceptors (Lipinski definition) is 10. The molecule has 0 N–H and O–H groups in total. The predicted octanol–water partition coefficient (Wildman–Crippen LogP) is 4.07. The van der Waals surface area contributed by atoms with Crippen LogP contribution in [0.3, 0.4) is 0 Å². The Kier molecular flexibility index (Phi) is 7.18. The molecule has 3 aromatic rings. The van der Waals surface area contributed by atoms with Gasteiger partial charge in [0.2, 0.25) is 11.7 Å². The zero-order valence-corrected chi connectivity index (χ0v) is 22.2. The number of fused-ring (bicyclic) bond motifs is 1. The monoisotopic (exact) mass is 549 g/mol. The van der Waals surface area contributed by atoms with Gasteiger partial charge in [-0.05, 0) is 49.4 Å². The molecular formula is C28H27N3O9. The molecule has 0 saturated carbocycles. The van der Waals surface area contributed by atoms with Crippen molar-refractivity contribution in [1.82, 2.24) is 0 Å². The van der Waals surface area contributed by atoms with Gasteiger partial charge in [-0.3, -0.25) is 24.5 Å². The molecule has 40 heavy (non-hydrogen) atoms. The first kappa shape index (κ1) is 26.8. The van der Waals surface area contributed by atoms with Crippen LogP contribution in [0.25, 0.3) is 0 Å². The van der Waals surface area contributed by atoms with Crippen molar-refractivity contribution in [3.63, 3.8) is 0 Å². The highest BCUT2D eigenvalue weighted by Crippen LogP contribution is 2.52. The van der Waals surface area contributed by atoms with Gasteiger partial charge in [0.15, 0.2) is 17.6 Å². The first-order valence-electron chi connectivity index (χ1n) is 12.4. The first-order valence-corrected chi connectivity index (χ1v) is 12.4. The minimum Gasteiger partial charge on any atom is -0.494 e. The highest BCUT2D eigenvalue weighted by atomic mass is 16.7. The van der Waals surface area contributed by atoms with Crippen molar-refractivity contribution in [1.29, 1.82) is 0 Å². The molecule has 5 rings (SSSR count). The SMILES string of the molecule is CCOc1ccc(N2C(=O)[C@H]3[C@H](ON(c4cccc([N+](=O)[O-])c4)[C@@H]3c3ccc(OC)c(OC)c3OC)C2=O)cc1. The Hall–Kier alpha value is -4.84. The maximum absolute atomic E-state index is 14.0. The molecule has 2 saturated heterocycles. The molecule has 2 aliphatic heterocycles. The van der Waals surface area contributed by atoms with E-state index in [0.29, 0.717) is 35.0 Å². The van der Waals surface area contributed by atoms with Crippen LogP contribution in [0, 0.1) is 16.0 Å². The molecule has 0 aromatic heterocycles. The van der Waals surface area contributed by atoms with Crippen molar-refractivity contribution < 1.29 is 38.3 Å². The van der Waals surface area contributed by atoms with Crippen LogP contribution < -0.4 is 28.9 Å². The van der Waals surface area contributed by atoms with Gasteiger partial charge < -0.3 is 18.9 Å². The molecular weight excluding hydrogens is 522 g/mol. The van der Waals surface area contributed by atoms with Crippen LogP contribution in [0.4, 0.5) is 17.1 Å². The summed E-state index contributed by atoms with van der Waals surface area (Å²) in [5.41, 5.74) is 0.953. The summed E-state index contributed by atoms with van der Waals surface area (Å²) in [7, 11) is 4.38. The average Bonchev–Trinajstić information content (AvgIpc) is 3.48. The van der Waals surface area contributed by atoms with E-state index in [0.717, 1.165) is 4.90 Å². The third-order valence-corrected chi connectivity index (χ3v) is 6.87. The Morgan fingerprint density at radius 2 is 1.62 bits per heavy atom. The van der Waals surface area contributed by atoms with E-state index in [9.17, 15) is 19.7 Å². The van der Waals surface area contributed by atoms with Gasteiger partial charge in [0, 0.05) is 17.7 Å². The van der Waals surface area contributed by atoms with Crippen LogP contribution >= 0.6 is 0 Å². The van der Waals surface area contributed by atoms with Crippen LogP contribution in [-0.4, -0.2) is 50.8 Å². The Morgan fingerprint density at radius 1 is 0.900 bits per heavy atom. The number of non-ortho nitro benzene ring substituents is 1. The van der Waals surface area contributed by atoms with Gasteiger partial charge in [-0.2, -0.15) is 0 Å². The summed E-state index contributed by atoms with van der Waals surface area (Å²) in [4.78, 5) is 45.9. The molecule has 3 aromatic carbocycles. The van der Waals surface area contributed by atoms with Crippen molar-refractivity contribution in [3.05, 3.63) is 76.3 Å². The van der Waals surface area contributed by atoms with E-state index in [1.807, 2.05) is 6.92 Å². The van der Waals surface area contributed by atoms with E-state index in [2.05, 4.69) is 0 Å². The Bertz CT molecular complexity index is 1460. The minimum absolute atomic E-state index is 0.176. The maximum atomic E-state index is 14.0. The third-order valence-electron chi connectivity index (χ3n) is 6.87. The van der Waals surface area contributed by atoms with Crippen molar-refractivity contribution in [2.45, 2.75) is 19.1 Å². The first-order chi connectivity index (χ1) is 19.3. The molecule has 0 unspecified atom stereocenters. The van der Waals surface area contributed by atoms with Crippen molar-refractivity contribution in [3.8, 4) is 23.0 Å². The van der Waals surface area contributed by atoms with Gasteiger partial charge in [-0.1, -0.05) is 6.07 Å². The lowest BCUT2D eigenvalue weighted by molar-refractivity contribution is -0.384. The van der Waals surface area contributed by atoms with Crippen molar-refractivity contribution in [2.75, 3.05) is 37.9 Å². The van der Waals surface area contributed by atoms with Crippen LogP contribution in [0.5, 0.6) is 23.0 Å². The van der Waals surface area contributed by atoms with E-state index in [-0.39, 0.29) is 17.2 Å². The number of benzene rings is 3. The number of nitro benzene ring substituents is 1. The van der Waals surface area contributed by atoms with Gasteiger partial charge in [-0.15, -0.1) is 0 Å². The summed E-state index contributed by atoms with van der Waals surface area (Å²) in [5.74, 6) is -0.510. The Balaban J connectivity index is 1.63. The highest BCUT2D eigenvalue weighted by Gasteiger charge is 2.61. The molecule has 2 fully saturated rings. The Morgan fingerprint density at radius 3 is 2.25 bits per heavy atom. The fraction of sp³-hybridized carbons (Fsp3) is 0.286. The molecule has 0 aliphatic carbocycles. The highest BCUT2D eigenvalue weighted by molar-refractivity contribution is 6.24. The number of carbonyl (C=O) groups excluding carboxylic acids is 2. The molecule has 2 aliphatic rings. The molecule has 0 bridgehead atoms. The number of imide groups is 1. The van der Waals surface area contributed by atoms with Crippen LogP contribution in [-0.2, 0) is 14.4 Å². The summed E-state index contributed by atoms with van der Waals surface area (Å²) >= 11 is 0. The summed E-state index contributed by atoms with van der Waals surface area (Å²) in [5, 5.41) is 12.9. The predicted molar refractivity (Wildman–Crippen MR) is 143 cm³/mol. The number of anilines is 2.